The molecule has 1 heterocycles. The van der Waals surface area contributed by atoms with Gasteiger partial charge in [-0.25, -0.2) is 4.98 Å². The van der Waals surface area contributed by atoms with Crippen molar-refractivity contribution >= 4 is 22.0 Å². The maximum atomic E-state index is 8.66. The second-order valence-electron chi connectivity index (χ2n) is 2.66. The number of pyridine rings is 1. The molecule has 12 heavy (non-hydrogen) atoms. The summed E-state index contributed by atoms with van der Waals surface area (Å²) in [4.78, 5) is 4.09. The Morgan fingerprint density at radius 3 is 3.17 bits per heavy atom. The summed E-state index contributed by atoms with van der Waals surface area (Å²) in [7, 11) is 0. The molecular weight excluding hydrogens is 216 g/mol. The van der Waals surface area contributed by atoms with Gasteiger partial charge in [0.1, 0.15) is 4.60 Å². The summed E-state index contributed by atoms with van der Waals surface area (Å²) in [6.45, 7) is 0. The van der Waals surface area contributed by atoms with Crippen LogP contribution in [0.25, 0.3) is 6.08 Å². The number of halogens is 1. The second kappa shape index (κ2) is 2.72. The van der Waals surface area contributed by atoms with E-state index in [4.69, 9.17) is 5.26 Å². The van der Waals surface area contributed by atoms with E-state index in [1.807, 2.05) is 12.1 Å². The van der Waals surface area contributed by atoms with Crippen LogP contribution in [0.15, 0.2) is 22.4 Å². The van der Waals surface area contributed by atoms with Gasteiger partial charge in [0.05, 0.1) is 6.07 Å². The summed E-state index contributed by atoms with van der Waals surface area (Å²) in [6.07, 6.45) is 4.44. The van der Waals surface area contributed by atoms with Crippen molar-refractivity contribution in [2.45, 2.75) is 6.42 Å². The van der Waals surface area contributed by atoms with Crippen molar-refractivity contribution in [3.63, 3.8) is 0 Å². The Labute approximate surface area is 78.7 Å². The number of hydrogen-bond donors (Lipinski definition) is 0. The Bertz CT molecular complexity index is 401. The summed E-state index contributed by atoms with van der Waals surface area (Å²) < 4.78 is 0.816. The molecule has 2 rings (SSSR count). The average molecular weight is 221 g/mol. The van der Waals surface area contributed by atoms with Gasteiger partial charge in [-0.2, -0.15) is 5.26 Å². The maximum Gasteiger partial charge on any atom is 0.106 e. The van der Waals surface area contributed by atoms with E-state index >= 15 is 0 Å². The van der Waals surface area contributed by atoms with Crippen molar-refractivity contribution in [1.82, 2.24) is 4.98 Å². The van der Waals surface area contributed by atoms with Gasteiger partial charge in [-0.1, -0.05) is 0 Å². The maximum absolute atomic E-state index is 8.66. The minimum Gasteiger partial charge on any atom is -0.249 e. The SMILES string of the molecule is N#CC1=Cc2cc(Br)ncc2C1. The molecular formula is C9H5BrN2. The van der Waals surface area contributed by atoms with Crippen LogP contribution in [0, 0.1) is 11.3 Å². The molecule has 0 radical (unpaired) electrons. The van der Waals surface area contributed by atoms with Gasteiger partial charge in [-0.3, -0.25) is 0 Å². The van der Waals surface area contributed by atoms with E-state index in [1.54, 1.807) is 6.20 Å². The fourth-order valence-electron chi connectivity index (χ4n) is 1.27. The number of nitrogens with zero attached hydrogens (tertiary/aromatic N) is 2. The van der Waals surface area contributed by atoms with E-state index in [0.29, 0.717) is 0 Å². The van der Waals surface area contributed by atoms with Gasteiger partial charge in [-0.15, -0.1) is 0 Å². The third-order valence-electron chi connectivity index (χ3n) is 1.84. The van der Waals surface area contributed by atoms with E-state index < -0.39 is 0 Å². The van der Waals surface area contributed by atoms with Crippen molar-refractivity contribution in [3.05, 3.63) is 33.6 Å². The zero-order valence-corrected chi connectivity index (χ0v) is 7.80. The lowest BCUT2D eigenvalue weighted by Crippen LogP contribution is -1.85. The van der Waals surface area contributed by atoms with Gasteiger partial charge >= 0.3 is 0 Å². The highest BCUT2D eigenvalue weighted by atomic mass is 79.9. The highest BCUT2D eigenvalue weighted by Gasteiger charge is 2.12. The first-order valence-electron chi connectivity index (χ1n) is 3.54. The minimum atomic E-state index is 0.728. The first kappa shape index (κ1) is 7.51. The second-order valence-corrected chi connectivity index (χ2v) is 3.48. The number of fused-ring (bicyclic) bond motifs is 1. The lowest BCUT2D eigenvalue weighted by Gasteiger charge is -1.95. The Hall–Kier alpha value is -1.14. The molecule has 2 nitrogen and oxygen atoms in total. The van der Waals surface area contributed by atoms with E-state index in [0.717, 1.165) is 27.7 Å². The van der Waals surface area contributed by atoms with E-state index in [2.05, 4.69) is 27.0 Å². The van der Waals surface area contributed by atoms with Crippen LogP contribution in [0.1, 0.15) is 11.1 Å². The van der Waals surface area contributed by atoms with Crippen LogP contribution in [-0.4, -0.2) is 4.98 Å². The molecule has 3 heteroatoms. The first-order chi connectivity index (χ1) is 5.79. The quantitative estimate of drug-likeness (QED) is 0.630. The van der Waals surface area contributed by atoms with Crippen LogP contribution < -0.4 is 0 Å². The average Bonchev–Trinajstić information content (AvgIpc) is 2.46. The zero-order valence-electron chi connectivity index (χ0n) is 6.21. The zero-order chi connectivity index (χ0) is 8.55. The number of aromatic nitrogens is 1. The number of allylic oxidation sites excluding steroid dienone is 1. The molecule has 0 aliphatic heterocycles. The lowest BCUT2D eigenvalue weighted by atomic mass is 10.2. The van der Waals surface area contributed by atoms with Crippen molar-refractivity contribution < 1.29 is 0 Å². The molecule has 0 unspecified atom stereocenters. The summed E-state index contributed by atoms with van der Waals surface area (Å²) in [5, 5.41) is 8.66. The van der Waals surface area contributed by atoms with Crippen LogP contribution in [0.3, 0.4) is 0 Å². The Morgan fingerprint density at radius 1 is 1.58 bits per heavy atom. The Balaban J connectivity index is 2.50. The van der Waals surface area contributed by atoms with Gasteiger partial charge in [0, 0.05) is 18.2 Å². The highest BCUT2D eigenvalue weighted by molar-refractivity contribution is 9.10. The van der Waals surface area contributed by atoms with E-state index in [9.17, 15) is 0 Å². The summed E-state index contributed by atoms with van der Waals surface area (Å²) in [6, 6.07) is 4.08. The molecule has 1 aliphatic rings. The summed E-state index contributed by atoms with van der Waals surface area (Å²) >= 11 is 3.28. The highest BCUT2D eigenvalue weighted by Crippen LogP contribution is 2.25. The third-order valence-corrected chi connectivity index (χ3v) is 2.28. The molecule has 58 valence electrons. The van der Waals surface area contributed by atoms with E-state index in [-0.39, 0.29) is 0 Å². The number of nitriles is 1. The monoisotopic (exact) mass is 220 g/mol. The molecule has 0 amide bonds. The molecule has 0 bridgehead atoms. The molecule has 1 aliphatic carbocycles. The van der Waals surface area contributed by atoms with Crippen LogP contribution in [-0.2, 0) is 6.42 Å². The van der Waals surface area contributed by atoms with Gasteiger partial charge < -0.3 is 0 Å². The van der Waals surface area contributed by atoms with Gasteiger partial charge in [0.25, 0.3) is 0 Å². The Morgan fingerprint density at radius 2 is 2.42 bits per heavy atom. The standard InChI is InChI=1S/C9H5BrN2/c10-9-3-7-1-6(4-11)2-8(7)5-12-9/h1,3,5H,2H2. The molecule has 0 atom stereocenters. The summed E-state index contributed by atoms with van der Waals surface area (Å²) in [5.74, 6) is 0. The lowest BCUT2D eigenvalue weighted by molar-refractivity contribution is 1.16. The van der Waals surface area contributed by atoms with Gasteiger partial charge in [0.2, 0.25) is 0 Å². The minimum absolute atomic E-state index is 0.728. The van der Waals surface area contributed by atoms with Crippen molar-refractivity contribution in [1.29, 1.82) is 5.26 Å². The molecule has 0 saturated heterocycles. The van der Waals surface area contributed by atoms with Crippen molar-refractivity contribution in [2.75, 3.05) is 0 Å². The van der Waals surface area contributed by atoms with Crippen LogP contribution in [0.5, 0.6) is 0 Å². The third kappa shape index (κ3) is 1.15. The molecule has 0 aromatic carbocycles. The molecule has 0 fully saturated rings. The molecule has 1 aromatic rings. The fraction of sp³-hybridized carbons (Fsp3) is 0.111. The number of rotatable bonds is 0. The van der Waals surface area contributed by atoms with Crippen molar-refractivity contribution in [2.24, 2.45) is 0 Å². The largest absolute Gasteiger partial charge is 0.249 e. The van der Waals surface area contributed by atoms with E-state index in [1.165, 1.54) is 0 Å². The van der Waals surface area contributed by atoms with Crippen molar-refractivity contribution in [3.8, 4) is 6.07 Å². The van der Waals surface area contributed by atoms with Gasteiger partial charge in [-0.05, 0) is 39.2 Å². The smallest absolute Gasteiger partial charge is 0.106 e. The Kier molecular flexibility index (Phi) is 1.70. The van der Waals surface area contributed by atoms with Gasteiger partial charge in [0.15, 0.2) is 0 Å². The van der Waals surface area contributed by atoms with Crippen LogP contribution >= 0.6 is 15.9 Å². The topological polar surface area (TPSA) is 36.7 Å². The fourth-order valence-corrected chi connectivity index (χ4v) is 1.62. The molecule has 1 aromatic heterocycles. The normalized spacial score (nSPS) is 13.5. The predicted octanol–water partition coefficient (Wildman–Crippen LogP) is 2.31. The molecule has 0 spiro atoms. The van der Waals surface area contributed by atoms with Crippen LogP contribution in [0.4, 0.5) is 0 Å². The first-order valence-corrected chi connectivity index (χ1v) is 4.34. The summed E-state index contributed by atoms with van der Waals surface area (Å²) in [5.41, 5.74) is 3.05. The number of hydrogen-bond acceptors (Lipinski definition) is 2. The van der Waals surface area contributed by atoms with Crippen LogP contribution in [0.2, 0.25) is 0 Å². The molecule has 0 saturated carbocycles. The molecule has 0 N–H and O–H groups in total. The predicted molar refractivity (Wildman–Crippen MR) is 49.2 cm³/mol.